The van der Waals surface area contributed by atoms with Crippen LogP contribution < -0.4 is 10.1 Å². The Balaban J connectivity index is 1.42. The van der Waals surface area contributed by atoms with Gasteiger partial charge in [0.1, 0.15) is 11.9 Å². The van der Waals surface area contributed by atoms with Crippen molar-refractivity contribution in [1.82, 2.24) is 15.1 Å². The van der Waals surface area contributed by atoms with Gasteiger partial charge in [-0.15, -0.1) is 0 Å². The molecule has 2 aliphatic rings. The second-order valence-electron chi connectivity index (χ2n) is 6.62. The third-order valence-corrected chi connectivity index (χ3v) is 4.90. The van der Waals surface area contributed by atoms with Gasteiger partial charge < -0.3 is 24.6 Å². The summed E-state index contributed by atoms with van der Waals surface area (Å²) in [4.78, 5) is 40.2. The molecule has 2 aliphatic heterocycles. The van der Waals surface area contributed by atoms with E-state index in [0.29, 0.717) is 44.1 Å². The highest BCUT2D eigenvalue weighted by molar-refractivity contribution is 5.96. The van der Waals surface area contributed by atoms with Crippen LogP contribution in [-0.2, 0) is 14.3 Å². The second-order valence-corrected chi connectivity index (χ2v) is 6.62. The lowest BCUT2D eigenvalue weighted by atomic mass is 10.2. The summed E-state index contributed by atoms with van der Waals surface area (Å²) in [6, 6.07) is 6.68. The monoisotopic (exact) mass is 375 g/mol. The first-order valence-electron chi connectivity index (χ1n) is 9.19. The standard InChI is InChI=1S/C19H25N3O5/c1-26-15-6-4-14(5-7-15)18(24)20-13-17(23)21-8-10-22(11-9-21)19(25)16-3-2-12-27-16/h4-7,16H,2-3,8-13H2,1H3,(H,20,24)/t16-/m0/s1. The molecule has 0 bridgehead atoms. The molecule has 27 heavy (non-hydrogen) atoms. The van der Waals surface area contributed by atoms with Gasteiger partial charge in [-0.05, 0) is 37.1 Å². The molecule has 0 aromatic heterocycles. The number of ether oxygens (including phenoxy) is 2. The van der Waals surface area contributed by atoms with Gasteiger partial charge >= 0.3 is 0 Å². The highest BCUT2D eigenvalue weighted by atomic mass is 16.5. The number of rotatable bonds is 5. The minimum atomic E-state index is -0.323. The zero-order chi connectivity index (χ0) is 19.2. The van der Waals surface area contributed by atoms with Crippen molar-refractivity contribution in [2.24, 2.45) is 0 Å². The largest absolute Gasteiger partial charge is 0.497 e. The van der Waals surface area contributed by atoms with E-state index in [0.717, 1.165) is 12.8 Å². The molecule has 146 valence electrons. The average molecular weight is 375 g/mol. The van der Waals surface area contributed by atoms with Gasteiger partial charge in [0.05, 0.1) is 13.7 Å². The molecule has 8 nitrogen and oxygen atoms in total. The van der Waals surface area contributed by atoms with Gasteiger partial charge in [0, 0.05) is 38.3 Å². The predicted molar refractivity (Wildman–Crippen MR) is 97.5 cm³/mol. The minimum absolute atomic E-state index is 0.0207. The lowest BCUT2D eigenvalue weighted by molar-refractivity contribution is -0.145. The van der Waals surface area contributed by atoms with E-state index >= 15 is 0 Å². The zero-order valence-corrected chi connectivity index (χ0v) is 15.5. The van der Waals surface area contributed by atoms with Crippen molar-refractivity contribution in [3.05, 3.63) is 29.8 Å². The molecular weight excluding hydrogens is 350 g/mol. The summed E-state index contributed by atoms with van der Waals surface area (Å²) in [6.45, 7) is 2.51. The normalized spacial score (nSPS) is 19.7. The predicted octanol–water partition coefficient (Wildman–Crippen LogP) is 0.275. The van der Waals surface area contributed by atoms with Crippen molar-refractivity contribution in [2.75, 3.05) is 46.4 Å². The van der Waals surface area contributed by atoms with E-state index in [9.17, 15) is 14.4 Å². The van der Waals surface area contributed by atoms with E-state index in [1.54, 1.807) is 41.2 Å². The highest BCUT2D eigenvalue weighted by Gasteiger charge is 2.31. The van der Waals surface area contributed by atoms with Crippen molar-refractivity contribution in [3.8, 4) is 5.75 Å². The maximum Gasteiger partial charge on any atom is 0.251 e. The molecule has 3 rings (SSSR count). The molecule has 0 spiro atoms. The number of hydrogen-bond donors (Lipinski definition) is 1. The van der Waals surface area contributed by atoms with Crippen LogP contribution in [0.5, 0.6) is 5.75 Å². The van der Waals surface area contributed by atoms with Crippen molar-refractivity contribution in [2.45, 2.75) is 18.9 Å². The van der Waals surface area contributed by atoms with Crippen molar-refractivity contribution in [1.29, 1.82) is 0 Å². The van der Waals surface area contributed by atoms with Crippen molar-refractivity contribution >= 4 is 17.7 Å². The number of piperazine rings is 1. The molecule has 3 amide bonds. The molecule has 1 aromatic carbocycles. The Bertz CT molecular complexity index is 677. The quantitative estimate of drug-likeness (QED) is 0.798. The van der Waals surface area contributed by atoms with Gasteiger partial charge in [-0.3, -0.25) is 14.4 Å². The Morgan fingerprint density at radius 2 is 1.78 bits per heavy atom. The summed E-state index contributed by atoms with van der Waals surface area (Å²) in [7, 11) is 1.56. The van der Waals surface area contributed by atoms with E-state index in [1.807, 2.05) is 0 Å². The van der Waals surface area contributed by atoms with Crippen LogP contribution >= 0.6 is 0 Å². The summed E-state index contributed by atoms with van der Waals surface area (Å²) in [5, 5.41) is 2.64. The maximum atomic E-state index is 12.3. The number of methoxy groups -OCH3 is 1. The minimum Gasteiger partial charge on any atom is -0.497 e. The fraction of sp³-hybridized carbons (Fsp3) is 0.526. The number of nitrogens with zero attached hydrogens (tertiary/aromatic N) is 2. The molecule has 2 heterocycles. The fourth-order valence-corrected chi connectivity index (χ4v) is 3.26. The molecule has 0 radical (unpaired) electrons. The Labute approximate surface area is 158 Å². The van der Waals surface area contributed by atoms with Crippen LogP contribution in [0.15, 0.2) is 24.3 Å². The Morgan fingerprint density at radius 3 is 2.37 bits per heavy atom. The number of nitrogens with one attached hydrogen (secondary N) is 1. The van der Waals surface area contributed by atoms with Crippen LogP contribution in [0.4, 0.5) is 0 Å². The molecule has 0 unspecified atom stereocenters. The van der Waals surface area contributed by atoms with E-state index in [-0.39, 0.29) is 30.4 Å². The third-order valence-electron chi connectivity index (χ3n) is 4.90. The first-order valence-corrected chi connectivity index (χ1v) is 9.19. The van der Waals surface area contributed by atoms with Crippen molar-refractivity contribution in [3.63, 3.8) is 0 Å². The van der Waals surface area contributed by atoms with Gasteiger partial charge in [-0.2, -0.15) is 0 Å². The lowest BCUT2D eigenvalue weighted by Crippen LogP contribution is -2.54. The molecule has 2 fully saturated rings. The van der Waals surface area contributed by atoms with Crippen LogP contribution in [0, 0.1) is 0 Å². The Morgan fingerprint density at radius 1 is 1.11 bits per heavy atom. The fourth-order valence-electron chi connectivity index (χ4n) is 3.26. The number of carbonyl (C=O) groups is 3. The lowest BCUT2D eigenvalue weighted by Gasteiger charge is -2.35. The summed E-state index contributed by atoms with van der Waals surface area (Å²) in [6.07, 6.45) is 1.37. The molecule has 1 atom stereocenters. The molecular formula is C19H25N3O5. The second kappa shape index (κ2) is 8.85. The molecule has 0 aliphatic carbocycles. The molecule has 1 N–H and O–H groups in total. The Hall–Kier alpha value is -2.61. The summed E-state index contributed by atoms with van der Waals surface area (Å²) < 4.78 is 10.5. The first kappa shape index (κ1) is 19.2. The Kier molecular flexibility index (Phi) is 6.28. The van der Waals surface area contributed by atoms with E-state index < -0.39 is 0 Å². The van der Waals surface area contributed by atoms with Crippen LogP contribution in [0.2, 0.25) is 0 Å². The van der Waals surface area contributed by atoms with Gasteiger partial charge in [0.2, 0.25) is 5.91 Å². The molecule has 0 saturated carbocycles. The smallest absolute Gasteiger partial charge is 0.251 e. The van der Waals surface area contributed by atoms with Crippen LogP contribution in [0.3, 0.4) is 0 Å². The summed E-state index contributed by atoms with van der Waals surface area (Å²) in [5.74, 6) is 0.227. The third kappa shape index (κ3) is 4.77. The van der Waals surface area contributed by atoms with Crippen molar-refractivity contribution < 1.29 is 23.9 Å². The van der Waals surface area contributed by atoms with Crippen LogP contribution in [0.1, 0.15) is 23.2 Å². The molecule has 8 heteroatoms. The first-order chi connectivity index (χ1) is 13.1. The molecule has 2 saturated heterocycles. The summed E-state index contributed by atoms with van der Waals surface area (Å²) in [5.41, 5.74) is 0.468. The summed E-state index contributed by atoms with van der Waals surface area (Å²) >= 11 is 0. The van der Waals surface area contributed by atoms with Crippen LogP contribution in [0.25, 0.3) is 0 Å². The number of benzene rings is 1. The van der Waals surface area contributed by atoms with E-state index in [4.69, 9.17) is 9.47 Å². The van der Waals surface area contributed by atoms with Gasteiger partial charge in [0.25, 0.3) is 11.8 Å². The molecule has 1 aromatic rings. The highest BCUT2D eigenvalue weighted by Crippen LogP contribution is 2.16. The number of carbonyl (C=O) groups excluding carboxylic acids is 3. The van der Waals surface area contributed by atoms with Gasteiger partial charge in [-0.25, -0.2) is 0 Å². The zero-order valence-electron chi connectivity index (χ0n) is 15.5. The maximum absolute atomic E-state index is 12.3. The van der Waals surface area contributed by atoms with Gasteiger partial charge in [-0.1, -0.05) is 0 Å². The van der Waals surface area contributed by atoms with E-state index in [1.165, 1.54) is 0 Å². The van der Waals surface area contributed by atoms with Crippen LogP contribution in [-0.4, -0.2) is 80.1 Å². The SMILES string of the molecule is COc1ccc(C(=O)NCC(=O)N2CCN(C(=O)[C@@H]3CCCO3)CC2)cc1. The topological polar surface area (TPSA) is 88.2 Å². The van der Waals surface area contributed by atoms with Gasteiger partial charge in [0.15, 0.2) is 0 Å². The van der Waals surface area contributed by atoms with E-state index in [2.05, 4.69) is 5.32 Å². The average Bonchev–Trinajstić information content (AvgIpc) is 3.26. The number of hydrogen-bond acceptors (Lipinski definition) is 5. The number of amides is 3.